The number of rotatable bonds is 0. The van der Waals surface area contributed by atoms with Crippen LogP contribution in [0.3, 0.4) is 0 Å². The van der Waals surface area contributed by atoms with Crippen LogP contribution in [0.25, 0.3) is 43.9 Å². The first-order valence-corrected chi connectivity index (χ1v) is 25.4. The summed E-state index contributed by atoms with van der Waals surface area (Å²) in [4.78, 5) is 4.95. The fraction of sp³-hybridized carbons (Fsp3) is 0.200. The molecule has 0 unspecified atom stereocenters. The fourth-order valence-electron chi connectivity index (χ4n) is 12.4. The third-order valence-electron chi connectivity index (χ3n) is 15.7. The molecule has 6 heterocycles. The molecule has 4 aliphatic rings. The second kappa shape index (κ2) is 16.1. The van der Waals surface area contributed by atoms with E-state index in [1.165, 1.54) is 100 Å². The van der Waals surface area contributed by atoms with E-state index in [2.05, 4.69) is 267 Å². The summed E-state index contributed by atoms with van der Waals surface area (Å²) in [7, 11) is 4.34. The number of anilines is 6. The number of thiol groups is 1. The van der Waals surface area contributed by atoms with Gasteiger partial charge in [-0.3, -0.25) is 0 Å². The average Bonchev–Trinajstić information content (AvgIpc) is 3.89. The van der Waals surface area contributed by atoms with Crippen LogP contribution in [0.15, 0.2) is 168 Å². The summed E-state index contributed by atoms with van der Waals surface area (Å²) >= 11 is 10.7. The maximum atomic E-state index is 6.63. The van der Waals surface area contributed by atoms with E-state index >= 15 is 0 Å². The van der Waals surface area contributed by atoms with Gasteiger partial charge in [-0.05, 0) is 106 Å². The molecule has 70 heavy (non-hydrogen) atoms. The van der Waals surface area contributed by atoms with Gasteiger partial charge in [0.25, 0.3) is 0 Å². The third kappa shape index (κ3) is 6.31. The van der Waals surface area contributed by atoms with E-state index in [4.69, 9.17) is 8.83 Å². The second-order valence-electron chi connectivity index (χ2n) is 20.9. The molecule has 14 rings (SSSR count). The van der Waals surface area contributed by atoms with Crippen molar-refractivity contribution in [3.8, 4) is 0 Å². The first-order valence-electron chi connectivity index (χ1n) is 23.4. The molecule has 4 radical (unpaired) electrons. The van der Waals surface area contributed by atoms with Gasteiger partial charge < -0.3 is 18.6 Å². The Labute approximate surface area is 434 Å². The van der Waals surface area contributed by atoms with Crippen LogP contribution >= 0.6 is 44.7 Å². The monoisotopic (exact) mass is 1060 g/mol. The average molecular weight is 1060 g/mol. The van der Waals surface area contributed by atoms with Crippen molar-refractivity contribution in [3.63, 3.8) is 0 Å². The summed E-state index contributed by atoms with van der Waals surface area (Å²) in [6, 6.07) is 52.7. The van der Waals surface area contributed by atoms with E-state index < -0.39 is 0 Å². The summed E-state index contributed by atoms with van der Waals surface area (Å²) in [5, 5.41) is 4.78. The van der Waals surface area contributed by atoms with E-state index in [9.17, 15) is 0 Å². The molecule has 0 bridgehead atoms. The zero-order chi connectivity index (χ0) is 48.1. The summed E-state index contributed by atoms with van der Waals surface area (Å²) in [6.07, 6.45) is 0. The summed E-state index contributed by atoms with van der Waals surface area (Å²) in [6.45, 7) is 18.8. The first-order chi connectivity index (χ1) is 33.0. The predicted octanol–water partition coefficient (Wildman–Crippen LogP) is 18.0. The van der Waals surface area contributed by atoms with Gasteiger partial charge in [0.05, 0.1) is 34.1 Å². The van der Waals surface area contributed by atoms with Crippen LogP contribution in [0.2, 0.25) is 0 Å². The van der Waals surface area contributed by atoms with Crippen LogP contribution in [0.5, 0.6) is 0 Å². The molecule has 0 atom stereocenters. The Balaban J connectivity index is 0.000000143. The summed E-state index contributed by atoms with van der Waals surface area (Å²) in [5.74, 6) is 0. The third-order valence-corrected chi connectivity index (χ3v) is 16.7. The van der Waals surface area contributed by atoms with E-state index in [1.807, 2.05) is 0 Å². The molecule has 0 aliphatic carbocycles. The maximum absolute atomic E-state index is 6.63. The number of benzene rings is 8. The van der Waals surface area contributed by atoms with Crippen molar-refractivity contribution < 1.29 is 8.83 Å². The van der Waals surface area contributed by atoms with Crippen molar-refractivity contribution in [1.29, 1.82) is 0 Å². The summed E-state index contributed by atoms with van der Waals surface area (Å²) in [5.41, 5.74) is 21.3. The molecule has 5 nitrogen and oxygen atoms in total. The predicted molar refractivity (Wildman–Crippen MR) is 304 cm³/mol. The normalized spacial score (nSPS) is 16.3. The van der Waals surface area contributed by atoms with Crippen molar-refractivity contribution in [1.82, 2.24) is 0 Å². The van der Waals surface area contributed by atoms with Crippen LogP contribution in [-0.4, -0.2) is 16.1 Å². The molecule has 10 heteroatoms. The molecule has 2 aromatic heterocycles. The molecule has 0 N–H and O–H groups in total. The quantitative estimate of drug-likeness (QED) is 0.121. The van der Waals surface area contributed by atoms with Crippen LogP contribution in [0, 0.1) is 0 Å². The van der Waals surface area contributed by atoms with Gasteiger partial charge in [0, 0.05) is 71.7 Å². The van der Waals surface area contributed by atoms with Crippen LogP contribution < -0.4 is 9.80 Å². The topological polar surface area (TPSA) is 45.1 Å². The second-order valence-corrected chi connectivity index (χ2v) is 23.0. The Morgan fingerprint density at radius 3 is 1.23 bits per heavy atom. The fourth-order valence-corrected chi connectivity index (χ4v) is 13.1. The molecule has 10 aromatic rings. The number of fused-ring (bicyclic) bond motifs is 16. The molecule has 8 aromatic carbocycles. The zero-order valence-electron chi connectivity index (χ0n) is 40.4. The van der Waals surface area contributed by atoms with Gasteiger partial charge in [-0.2, -0.15) is 0 Å². The first kappa shape index (κ1) is 46.6. The number of para-hydroxylation sites is 4. The molecule has 0 spiro atoms. The summed E-state index contributed by atoms with van der Waals surface area (Å²) < 4.78 is 18.1. The molecule has 0 amide bonds. The number of furan rings is 2. The molecular weight excluding hydrogens is 1010 g/mol. The van der Waals surface area contributed by atoms with Gasteiger partial charge in [-0.25, -0.2) is 0 Å². The van der Waals surface area contributed by atoms with Crippen molar-refractivity contribution >= 4 is 139 Å². The number of halogens is 2. The Hall–Kier alpha value is -5.80. The Kier molecular flexibility index (Phi) is 10.7. The van der Waals surface area contributed by atoms with Gasteiger partial charge >= 0.3 is 24.8 Å². The van der Waals surface area contributed by atoms with Gasteiger partial charge in [-0.1, -0.05) is 160 Å². The van der Waals surface area contributed by atoms with E-state index in [-0.39, 0.29) is 30.1 Å². The zero-order valence-corrected chi connectivity index (χ0v) is 44.4. The van der Waals surface area contributed by atoms with Crippen LogP contribution in [0.4, 0.5) is 34.1 Å². The molecular formula is C60H49B2Br2N3O2S. The van der Waals surface area contributed by atoms with Crippen LogP contribution in [-0.2, 0) is 21.7 Å². The Morgan fingerprint density at radius 2 is 0.771 bits per heavy atom. The van der Waals surface area contributed by atoms with E-state index in [0.717, 1.165) is 31.3 Å². The number of nitrogens with zero attached hydrogens (tertiary/aromatic N) is 3. The SMILES string of the molecule is CC1(C)c2cc(Br)ccc2N2c3ccc(Br)cc3C(C)(C)c3c2c1cc1c3oc2ccccc21.CC1(C)c2ccccc2N2c3ccccc3C(C)(C)c3c2c1cc1c3oc2ccccc21.[B].[B]=NS. The standard InChI is InChI=1S/C30H23Br2NO.C30H25NO.BHNS.B/c1-29(2)20-13-16(31)9-11-23(20)33-24-12-10-17(32)14-21(24)30(3,4)26-27(33)22(29)15-19-18-7-5-6-8-25(18)34-28(19)26;1-29(2)20-12-6-8-14-23(20)31-24-15-9-7-13-21(24)30(3,4)26-27(31)22(29)17-19-18-11-5-10-16-25(18)32-28(19)26;1-2-3;/h5-15H,1-4H3;5-17H,1-4H3;3H;. The molecule has 0 saturated carbocycles. The molecule has 0 saturated heterocycles. The minimum atomic E-state index is -0.240. The van der Waals surface area contributed by atoms with Gasteiger partial charge in [-0.15, -0.1) is 0 Å². The Bertz CT molecular complexity index is 3830. The van der Waals surface area contributed by atoms with Crippen molar-refractivity contribution in [2.75, 3.05) is 9.80 Å². The number of hydrogen-bond acceptors (Lipinski definition) is 6. The molecule has 342 valence electrons. The number of hydrogen-bond donors (Lipinski definition) is 1. The Morgan fingerprint density at radius 1 is 0.429 bits per heavy atom. The van der Waals surface area contributed by atoms with Gasteiger partial charge in [0.2, 0.25) is 0 Å². The van der Waals surface area contributed by atoms with Gasteiger partial charge in [0.15, 0.2) is 0 Å². The van der Waals surface area contributed by atoms with Crippen molar-refractivity contribution in [2.45, 2.75) is 77.0 Å². The minimum absolute atomic E-state index is 0. The van der Waals surface area contributed by atoms with Crippen molar-refractivity contribution in [3.05, 3.63) is 199 Å². The molecule has 4 aliphatic heterocycles. The van der Waals surface area contributed by atoms with Crippen LogP contribution in [0.1, 0.15) is 99.9 Å². The van der Waals surface area contributed by atoms with E-state index in [1.54, 1.807) is 0 Å². The van der Waals surface area contributed by atoms with E-state index in [0.29, 0.717) is 0 Å². The van der Waals surface area contributed by atoms with Crippen molar-refractivity contribution in [2.24, 2.45) is 4.30 Å². The molecule has 0 fully saturated rings. The van der Waals surface area contributed by atoms with Gasteiger partial charge in [0.1, 0.15) is 22.3 Å².